The van der Waals surface area contributed by atoms with Gasteiger partial charge >= 0.3 is 0 Å². The molecule has 30 aromatic rings. The lowest BCUT2D eigenvalue weighted by Crippen LogP contribution is -2.06. The number of furan rings is 3. The molecule has 0 fully saturated rings. The highest BCUT2D eigenvalue weighted by atomic mass is 32.1. The van der Waals surface area contributed by atoms with Crippen molar-refractivity contribution in [3.63, 3.8) is 0 Å². The van der Waals surface area contributed by atoms with Crippen LogP contribution in [0.1, 0.15) is 0 Å². The van der Waals surface area contributed by atoms with Crippen LogP contribution in [0.25, 0.3) is 296 Å². The highest BCUT2D eigenvalue weighted by Crippen LogP contribution is 2.50. The lowest BCUT2D eigenvalue weighted by atomic mass is 9.96. The van der Waals surface area contributed by atoms with Gasteiger partial charge in [0, 0.05) is 118 Å². The second kappa shape index (κ2) is 26.9. The molecule has 0 spiro atoms. The molecule has 14 heteroatoms. The van der Waals surface area contributed by atoms with E-state index in [0.29, 0.717) is 40.8 Å². The maximum Gasteiger partial charge on any atom is 0.238 e. The smallest absolute Gasteiger partial charge is 0.238 e. The van der Waals surface area contributed by atoms with Gasteiger partial charge in [-0.15, -0.1) is 11.3 Å². The number of hydrogen-bond acceptors (Lipinski definition) is 10. The van der Waals surface area contributed by atoms with E-state index in [1.54, 1.807) is 11.3 Å². The fraction of sp³-hybridized carbons (Fsp3) is 0. The van der Waals surface area contributed by atoms with Crippen LogP contribution in [0, 0.1) is 0 Å². The Kier molecular flexibility index (Phi) is 14.6. The average Bonchev–Trinajstić information content (AvgIpc) is 1.55. The molecule has 13 nitrogen and oxygen atoms in total. The van der Waals surface area contributed by atoms with Crippen molar-refractivity contribution in [1.82, 2.24) is 48.2 Å². The van der Waals surface area contributed by atoms with Gasteiger partial charge in [-0.3, -0.25) is 9.13 Å². The maximum atomic E-state index is 7.36. The molecule has 0 saturated heterocycles. The van der Waals surface area contributed by atoms with Gasteiger partial charge in [-0.2, -0.15) is 19.9 Å². The quantitative estimate of drug-likeness (QED) is 0.138. The van der Waals surface area contributed by atoms with E-state index in [1.807, 2.05) is 30.3 Å². The molecule has 0 aliphatic heterocycles. The first-order valence-electron chi connectivity index (χ1n) is 44.4. The molecule has 610 valence electrons. The summed E-state index contributed by atoms with van der Waals surface area (Å²) in [5, 5.41) is 26.2. The molecule has 10 aromatic heterocycles. The van der Waals surface area contributed by atoms with Gasteiger partial charge in [0.1, 0.15) is 22.3 Å². The van der Waals surface area contributed by atoms with Crippen LogP contribution in [-0.4, -0.2) is 48.2 Å². The van der Waals surface area contributed by atoms with Crippen LogP contribution in [0.5, 0.6) is 0 Å². The summed E-state index contributed by atoms with van der Waals surface area (Å²) in [7, 11) is 0. The highest BCUT2D eigenvalue weighted by Gasteiger charge is 2.30. The standard InChI is InChI=1S/C118H64N10O3S/c1-4-24-69-60-99-89(56-66(69)21-1)90-57-67-22-2-5-25-70(67)61-100(90)126(99)98-54-50-86(110-84-33-12-19-39-104(84)131-112(98)110)116-120-114(75-44-48-82-81-31-13-20-40-106(81)132-107(82)64-75)122-118(124-116)128-94-36-16-9-29-78(94)88-58-73(46-51-95(88)128)72-42-41-65-45-52-96-108(87(65)55-72)91-59-68-23-3-6-26-71(68)62-101(91)125(96)97-53-49-85(109-83-32-11-18-38-103(83)130-111(97)109)115-119-113(74-43-47-80-79-30-10-17-37-102(79)129-105(80)63-74)121-117(123-115)127-92-34-14-7-27-76(92)77-28-8-15-35-93(77)127/h1-64H. The minimum Gasteiger partial charge on any atom is -0.456 e. The minimum absolute atomic E-state index is 0.486. The SMILES string of the molecule is c1ccc2cc3c(cc2c1)c1cc2ccccc2cc1n3-c1ccc(-c2nc(-c3ccc4c(c3)sc3ccccc34)nc(-n3c4ccccc4c4cc(-c5ccc6ccc7c(c6c5)c5cc6ccccc6cc5n7-c5ccc(-c6nc(-c7ccc8c(c7)oc7ccccc78)nc(-n7c8ccccc8c8ccccc87)n6)c6c5oc5ccccc56)ccc43)n2)c2c1oc1ccccc12. The Morgan fingerprint density at radius 3 is 1.14 bits per heavy atom. The molecule has 0 bridgehead atoms. The van der Waals surface area contributed by atoms with Crippen molar-refractivity contribution in [3.8, 4) is 79.9 Å². The molecule has 132 heavy (non-hydrogen) atoms. The molecule has 0 aliphatic rings. The van der Waals surface area contributed by atoms with Crippen molar-refractivity contribution >= 4 is 228 Å². The Hall–Kier alpha value is -17.7. The van der Waals surface area contributed by atoms with Gasteiger partial charge in [0.05, 0.1) is 55.5 Å². The molecular weight excluding hydrogens is 1640 g/mol. The van der Waals surface area contributed by atoms with Crippen molar-refractivity contribution in [2.24, 2.45) is 0 Å². The fourth-order valence-corrected chi connectivity index (χ4v) is 22.8. The van der Waals surface area contributed by atoms with E-state index < -0.39 is 0 Å². The fourth-order valence-electron chi connectivity index (χ4n) is 21.6. The molecule has 10 heterocycles. The van der Waals surface area contributed by atoms with Gasteiger partial charge in [-0.1, -0.05) is 243 Å². The van der Waals surface area contributed by atoms with Crippen molar-refractivity contribution in [1.29, 1.82) is 0 Å². The summed E-state index contributed by atoms with van der Waals surface area (Å²) in [4.78, 5) is 33.6. The van der Waals surface area contributed by atoms with E-state index in [1.165, 1.54) is 26.2 Å². The van der Waals surface area contributed by atoms with Gasteiger partial charge in [0.25, 0.3) is 0 Å². The number of nitrogens with zero attached hydrogens (tertiary/aromatic N) is 10. The van der Waals surface area contributed by atoms with Crippen LogP contribution in [0.15, 0.2) is 401 Å². The number of hydrogen-bond donors (Lipinski definition) is 0. The third-order valence-corrected chi connectivity index (χ3v) is 28.7. The second-order valence-electron chi connectivity index (χ2n) is 34.7. The third-order valence-electron chi connectivity index (χ3n) is 27.6. The summed E-state index contributed by atoms with van der Waals surface area (Å²) in [6.07, 6.45) is 0. The Balaban J connectivity index is 0.598. The largest absolute Gasteiger partial charge is 0.456 e. The molecule has 0 amide bonds. The summed E-state index contributed by atoms with van der Waals surface area (Å²) in [6, 6.07) is 139. The van der Waals surface area contributed by atoms with Gasteiger partial charge < -0.3 is 22.4 Å². The zero-order chi connectivity index (χ0) is 85.8. The molecular formula is C118H64N10O3S. The zero-order valence-corrected chi connectivity index (χ0v) is 70.9. The maximum absolute atomic E-state index is 7.36. The lowest BCUT2D eigenvalue weighted by molar-refractivity contribution is 0.666. The summed E-state index contributed by atoms with van der Waals surface area (Å²) in [5.74, 6) is 3.03. The van der Waals surface area contributed by atoms with Gasteiger partial charge in [0.15, 0.2) is 34.5 Å². The summed E-state index contributed by atoms with van der Waals surface area (Å²) < 4.78 is 32.8. The predicted octanol–water partition coefficient (Wildman–Crippen LogP) is 31.5. The Morgan fingerprint density at radius 2 is 0.568 bits per heavy atom. The second-order valence-corrected chi connectivity index (χ2v) is 35.8. The van der Waals surface area contributed by atoms with Gasteiger partial charge in [-0.05, 0) is 200 Å². The Bertz CT molecular complexity index is 10200. The van der Waals surface area contributed by atoms with Crippen LogP contribution in [0.2, 0.25) is 0 Å². The molecule has 0 radical (unpaired) electrons. The topological polar surface area (TPSA) is 136 Å². The molecule has 0 unspecified atom stereocenters. The van der Waals surface area contributed by atoms with E-state index in [4.69, 9.17) is 43.2 Å². The molecule has 20 aromatic carbocycles. The summed E-state index contributed by atoms with van der Waals surface area (Å²) in [6.45, 7) is 0. The van der Waals surface area contributed by atoms with E-state index >= 15 is 0 Å². The number of benzene rings is 20. The van der Waals surface area contributed by atoms with Crippen molar-refractivity contribution in [3.05, 3.63) is 388 Å². The van der Waals surface area contributed by atoms with E-state index in [2.05, 4.69) is 376 Å². The van der Waals surface area contributed by atoms with Crippen LogP contribution >= 0.6 is 11.3 Å². The number of rotatable bonds is 9. The monoisotopic (exact) mass is 1700 g/mol. The molecule has 0 saturated carbocycles. The first kappa shape index (κ1) is 71.4. The predicted molar refractivity (Wildman–Crippen MR) is 542 cm³/mol. The number of thiophene rings is 1. The molecule has 0 atom stereocenters. The van der Waals surface area contributed by atoms with E-state index in [0.717, 1.165) is 229 Å². The van der Waals surface area contributed by atoms with E-state index in [9.17, 15) is 0 Å². The number of fused-ring (bicyclic) bond motifs is 29. The van der Waals surface area contributed by atoms with Crippen LogP contribution < -0.4 is 0 Å². The van der Waals surface area contributed by atoms with Crippen molar-refractivity contribution < 1.29 is 13.3 Å². The number of para-hydroxylation sites is 6. The number of aromatic nitrogens is 10. The van der Waals surface area contributed by atoms with E-state index in [-0.39, 0.29) is 0 Å². The summed E-state index contributed by atoms with van der Waals surface area (Å²) in [5.41, 5.74) is 19.8. The third kappa shape index (κ3) is 10.3. The normalized spacial score (nSPS) is 12.4. The van der Waals surface area contributed by atoms with Gasteiger partial charge in [-0.25, -0.2) is 9.97 Å². The Labute approximate surface area is 752 Å². The molecule has 0 aliphatic carbocycles. The average molecular weight is 1700 g/mol. The first-order chi connectivity index (χ1) is 65.4. The van der Waals surface area contributed by atoms with Gasteiger partial charge in [0.2, 0.25) is 11.9 Å². The van der Waals surface area contributed by atoms with Crippen molar-refractivity contribution in [2.75, 3.05) is 0 Å². The van der Waals surface area contributed by atoms with Crippen LogP contribution in [0.3, 0.4) is 0 Å². The summed E-state index contributed by atoms with van der Waals surface area (Å²) >= 11 is 1.78. The molecule has 30 rings (SSSR count). The van der Waals surface area contributed by atoms with Crippen LogP contribution in [-0.2, 0) is 0 Å². The Morgan fingerprint density at radius 1 is 0.189 bits per heavy atom. The van der Waals surface area contributed by atoms with Crippen molar-refractivity contribution in [2.45, 2.75) is 0 Å². The minimum atomic E-state index is 0.486. The highest BCUT2D eigenvalue weighted by molar-refractivity contribution is 7.25. The zero-order valence-electron chi connectivity index (χ0n) is 70.1. The first-order valence-corrected chi connectivity index (χ1v) is 45.2. The molecule has 0 N–H and O–H groups in total. The lowest BCUT2D eigenvalue weighted by Gasteiger charge is -2.14. The van der Waals surface area contributed by atoms with Crippen LogP contribution in [0.4, 0.5) is 0 Å².